The molecule has 4 rings (SSSR count). The Morgan fingerprint density at radius 1 is 1.17 bits per heavy atom. The molecule has 4 aromatic rings. The third kappa shape index (κ3) is 4.19. The topological polar surface area (TPSA) is 134 Å². The number of benzene rings is 2. The van der Waals surface area contributed by atoms with Crippen LogP contribution in [0.25, 0.3) is 16.9 Å². The first-order valence-corrected chi connectivity index (χ1v) is 10.7. The second kappa shape index (κ2) is 9.30. The molecule has 0 aliphatic rings. The van der Waals surface area contributed by atoms with Crippen molar-refractivity contribution in [3.05, 3.63) is 59.8 Å². The van der Waals surface area contributed by atoms with E-state index in [9.17, 15) is 15.2 Å². The Balaban J connectivity index is 1.91. The van der Waals surface area contributed by atoms with E-state index < -0.39 is 11.5 Å². The van der Waals surface area contributed by atoms with Gasteiger partial charge in [0, 0.05) is 18.2 Å². The summed E-state index contributed by atoms with van der Waals surface area (Å²) >= 11 is 0. The number of rotatable bonds is 9. The van der Waals surface area contributed by atoms with Crippen molar-refractivity contribution >= 4 is 17.4 Å². The first-order valence-electron chi connectivity index (χ1n) is 10.7. The number of imidazole rings is 1. The third-order valence-electron chi connectivity index (χ3n) is 5.78. The molecule has 0 aliphatic heterocycles. The fourth-order valence-corrected chi connectivity index (χ4v) is 3.98. The van der Waals surface area contributed by atoms with E-state index in [-0.39, 0.29) is 6.42 Å². The van der Waals surface area contributed by atoms with E-state index in [1.54, 1.807) is 23.6 Å². The maximum atomic E-state index is 12.5. The van der Waals surface area contributed by atoms with Crippen LogP contribution in [0, 0.1) is 11.3 Å². The Morgan fingerprint density at radius 2 is 1.83 bits per heavy atom. The van der Waals surface area contributed by atoms with Gasteiger partial charge in [0.1, 0.15) is 22.9 Å². The summed E-state index contributed by atoms with van der Waals surface area (Å²) in [4.78, 5) is 17.1. The van der Waals surface area contributed by atoms with Crippen molar-refractivity contribution < 1.29 is 24.1 Å². The number of hydrogen-bond acceptors (Lipinski definition) is 7. The SMILES string of the molecule is COc1cc(-c2nc3c(C#N)c[nH]n3c2N[C@@](C)(Cc2ccccc2)C(=O)O)cc(OC)c1OC. The van der Waals surface area contributed by atoms with Crippen molar-refractivity contribution in [2.75, 3.05) is 26.6 Å². The molecular weight excluding hydrogens is 450 g/mol. The molecule has 180 valence electrons. The number of hydrogen-bond donors (Lipinski definition) is 3. The van der Waals surface area contributed by atoms with Gasteiger partial charge in [0.25, 0.3) is 0 Å². The van der Waals surface area contributed by atoms with Crippen LogP contribution in [0.3, 0.4) is 0 Å². The highest BCUT2D eigenvalue weighted by Crippen LogP contribution is 2.43. The number of carbonyl (C=O) groups is 1. The van der Waals surface area contributed by atoms with Crippen LogP contribution in [0.2, 0.25) is 0 Å². The molecule has 10 nitrogen and oxygen atoms in total. The van der Waals surface area contributed by atoms with Crippen LogP contribution in [0.15, 0.2) is 48.7 Å². The minimum absolute atomic E-state index is 0.205. The summed E-state index contributed by atoms with van der Waals surface area (Å²) in [6.07, 6.45) is 1.72. The van der Waals surface area contributed by atoms with E-state index >= 15 is 0 Å². The molecule has 1 atom stereocenters. The molecule has 0 radical (unpaired) electrons. The summed E-state index contributed by atoms with van der Waals surface area (Å²) in [6, 6.07) is 14.9. The van der Waals surface area contributed by atoms with Gasteiger partial charge in [-0.3, -0.25) is 5.10 Å². The highest BCUT2D eigenvalue weighted by Gasteiger charge is 2.36. The number of ether oxygens (including phenoxy) is 3. The van der Waals surface area contributed by atoms with Crippen LogP contribution in [0.4, 0.5) is 5.82 Å². The number of methoxy groups -OCH3 is 3. The third-order valence-corrected chi connectivity index (χ3v) is 5.78. The van der Waals surface area contributed by atoms with E-state index in [1.807, 2.05) is 30.3 Å². The molecule has 3 N–H and O–H groups in total. The lowest BCUT2D eigenvalue weighted by Gasteiger charge is -2.27. The van der Waals surface area contributed by atoms with Crippen molar-refractivity contribution in [3.8, 4) is 34.6 Å². The molecule has 0 aliphatic carbocycles. The number of aliphatic carboxylic acids is 1. The Morgan fingerprint density at radius 3 is 2.37 bits per heavy atom. The van der Waals surface area contributed by atoms with Crippen LogP contribution in [0.5, 0.6) is 17.2 Å². The van der Waals surface area contributed by atoms with E-state index in [4.69, 9.17) is 14.2 Å². The van der Waals surface area contributed by atoms with Crippen molar-refractivity contribution in [2.24, 2.45) is 0 Å². The minimum atomic E-state index is -1.40. The molecule has 10 heteroatoms. The number of aromatic nitrogens is 3. The van der Waals surface area contributed by atoms with Gasteiger partial charge in [-0.25, -0.2) is 14.3 Å². The minimum Gasteiger partial charge on any atom is -0.493 e. The molecule has 2 aromatic carbocycles. The predicted octanol–water partition coefficient (Wildman–Crippen LogP) is 3.72. The zero-order chi connectivity index (χ0) is 25.2. The lowest BCUT2D eigenvalue weighted by atomic mass is 9.92. The first kappa shape index (κ1) is 23.5. The molecule has 0 bridgehead atoms. The normalized spacial score (nSPS) is 12.5. The van der Waals surface area contributed by atoms with Gasteiger partial charge in [-0.15, -0.1) is 0 Å². The Kier molecular flexibility index (Phi) is 6.25. The van der Waals surface area contributed by atoms with Gasteiger partial charge in [-0.1, -0.05) is 30.3 Å². The molecule has 0 amide bonds. The molecule has 0 saturated heterocycles. The molecule has 0 saturated carbocycles. The van der Waals surface area contributed by atoms with Crippen molar-refractivity contribution in [1.82, 2.24) is 14.6 Å². The van der Waals surface area contributed by atoms with Crippen molar-refractivity contribution in [1.29, 1.82) is 5.26 Å². The average molecular weight is 476 g/mol. The van der Waals surface area contributed by atoms with E-state index in [2.05, 4.69) is 21.5 Å². The van der Waals surface area contributed by atoms with Crippen LogP contribution in [0.1, 0.15) is 18.1 Å². The predicted molar refractivity (Wildman–Crippen MR) is 129 cm³/mol. The maximum Gasteiger partial charge on any atom is 0.329 e. The number of nitriles is 1. The number of carboxylic acids is 1. The van der Waals surface area contributed by atoms with E-state index in [0.29, 0.717) is 45.5 Å². The Bertz CT molecular complexity index is 1390. The van der Waals surface area contributed by atoms with Gasteiger partial charge in [-0.05, 0) is 24.6 Å². The molecule has 0 fully saturated rings. The van der Waals surface area contributed by atoms with E-state index in [1.165, 1.54) is 27.5 Å². The summed E-state index contributed by atoms with van der Waals surface area (Å²) in [5, 5.41) is 25.9. The summed E-state index contributed by atoms with van der Waals surface area (Å²) in [5.41, 5.74) is 1.11. The standard InChI is InChI=1S/C25H25N5O5/c1-25(24(31)32,12-15-8-6-5-7-9-15)29-23-20(28-22-17(13-26)14-27-30(22)23)16-10-18(33-2)21(35-4)19(11-16)34-3/h5-11,14,27,29H,12H2,1-4H3,(H,31,32)/t25-/m0/s1. The average Bonchev–Trinajstić information content (AvgIpc) is 3.43. The number of H-pyrrole nitrogens is 1. The van der Waals surface area contributed by atoms with E-state index in [0.717, 1.165) is 5.56 Å². The molecular formula is C25H25N5O5. The smallest absolute Gasteiger partial charge is 0.329 e. The van der Waals surface area contributed by atoms with Gasteiger partial charge in [0.05, 0.1) is 21.3 Å². The second-order valence-corrected chi connectivity index (χ2v) is 8.11. The number of aromatic amines is 1. The van der Waals surface area contributed by atoms with Crippen LogP contribution in [-0.2, 0) is 11.2 Å². The van der Waals surface area contributed by atoms with Crippen LogP contribution in [-0.4, -0.2) is 52.5 Å². The fourth-order valence-electron chi connectivity index (χ4n) is 3.98. The Hall–Kier alpha value is -4.65. The van der Waals surface area contributed by atoms with Crippen molar-refractivity contribution in [3.63, 3.8) is 0 Å². The summed E-state index contributed by atoms with van der Waals surface area (Å²) in [5.74, 6) is 0.566. The first-order chi connectivity index (χ1) is 16.8. The summed E-state index contributed by atoms with van der Waals surface area (Å²) < 4.78 is 17.9. The monoisotopic (exact) mass is 475 g/mol. The largest absolute Gasteiger partial charge is 0.493 e. The second-order valence-electron chi connectivity index (χ2n) is 8.11. The van der Waals surface area contributed by atoms with Gasteiger partial charge >= 0.3 is 5.97 Å². The number of nitrogens with one attached hydrogen (secondary N) is 2. The van der Waals surface area contributed by atoms with Gasteiger partial charge < -0.3 is 24.6 Å². The fraction of sp³-hybridized carbons (Fsp3) is 0.240. The molecule has 2 heterocycles. The number of carboxylic acid groups (broad SMARTS) is 1. The Labute approximate surface area is 201 Å². The zero-order valence-electron chi connectivity index (χ0n) is 19.7. The van der Waals surface area contributed by atoms with Crippen molar-refractivity contribution in [2.45, 2.75) is 18.9 Å². The highest BCUT2D eigenvalue weighted by atomic mass is 16.5. The quantitative estimate of drug-likeness (QED) is 0.333. The summed E-state index contributed by atoms with van der Waals surface area (Å²) in [7, 11) is 4.52. The zero-order valence-corrected chi connectivity index (χ0v) is 19.7. The van der Waals surface area contributed by atoms with Gasteiger partial charge in [0.2, 0.25) is 5.75 Å². The molecule has 0 unspecified atom stereocenters. The van der Waals surface area contributed by atoms with Gasteiger partial charge in [0.15, 0.2) is 23.0 Å². The lowest BCUT2D eigenvalue weighted by molar-refractivity contribution is -0.141. The number of anilines is 1. The lowest BCUT2D eigenvalue weighted by Crippen LogP contribution is -2.46. The molecule has 0 spiro atoms. The number of fused-ring (bicyclic) bond motifs is 1. The number of nitrogens with zero attached hydrogens (tertiary/aromatic N) is 3. The molecule has 35 heavy (non-hydrogen) atoms. The summed E-state index contributed by atoms with van der Waals surface area (Å²) in [6.45, 7) is 1.61. The van der Waals surface area contributed by atoms with Crippen LogP contribution >= 0.6 is 0 Å². The molecule has 2 aromatic heterocycles. The highest BCUT2D eigenvalue weighted by molar-refractivity contribution is 5.87. The maximum absolute atomic E-state index is 12.5. The van der Waals surface area contributed by atoms with Gasteiger partial charge in [-0.2, -0.15) is 5.26 Å². The van der Waals surface area contributed by atoms with Crippen LogP contribution < -0.4 is 19.5 Å².